The van der Waals surface area contributed by atoms with Crippen molar-refractivity contribution in [2.45, 2.75) is 65.8 Å². The maximum atomic E-state index is 6.03. The van der Waals surface area contributed by atoms with Crippen molar-refractivity contribution < 1.29 is 0 Å². The van der Waals surface area contributed by atoms with E-state index in [1.165, 1.54) is 37.1 Å². The molecule has 0 aromatic carbocycles. The van der Waals surface area contributed by atoms with Crippen LogP contribution in [0.15, 0.2) is 0 Å². The number of aromatic nitrogens is 2. The molecule has 0 amide bonds. The van der Waals surface area contributed by atoms with Gasteiger partial charge in [-0.15, -0.1) is 0 Å². The van der Waals surface area contributed by atoms with Gasteiger partial charge in [0, 0.05) is 31.7 Å². The Morgan fingerprint density at radius 1 is 1.24 bits per heavy atom. The van der Waals surface area contributed by atoms with E-state index < -0.39 is 0 Å². The fourth-order valence-corrected chi connectivity index (χ4v) is 3.80. The number of rotatable bonds is 5. The van der Waals surface area contributed by atoms with Crippen molar-refractivity contribution in [3.8, 4) is 0 Å². The van der Waals surface area contributed by atoms with E-state index in [0.29, 0.717) is 5.41 Å². The molecule has 1 aromatic heterocycles. The van der Waals surface area contributed by atoms with Crippen molar-refractivity contribution in [1.29, 1.82) is 0 Å². The van der Waals surface area contributed by atoms with Crippen LogP contribution in [0.4, 0.5) is 5.82 Å². The molecule has 0 radical (unpaired) electrons. The van der Waals surface area contributed by atoms with Crippen LogP contribution >= 0.6 is 0 Å². The van der Waals surface area contributed by atoms with Gasteiger partial charge in [-0.05, 0) is 38.5 Å². The zero-order valence-electron chi connectivity index (χ0n) is 14.4. The molecular weight excluding hydrogens is 260 g/mol. The first kappa shape index (κ1) is 16.3. The third-order valence-electron chi connectivity index (χ3n) is 5.46. The highest BCUT2D eigenvalue weighted by Gasteiger charge is 2.33. The SMILES string of the molecule is CCC1(CC)CCN(c2c(CC(C)N)c(C)nn2C)CC1. The fraction of sp³-hybridized carbons (Fsp3) is 0.824. The van der Waals surface area contributed by atoms with E-state index in [-0.39, 0.29) is 6.04 Å². The molecule has 4 heteroatoms. The van der Waals surface area contributed by atoms with Crippen LogP contribution in [-0.2, 0) is 13.5 Å². The topological polar surface area (TPSA) is 47.1 Å². The molecule has 0 aliphatic carbocycles. The Morgan fingerprint density at radius 3 is 2.29 bits per heavy atom. The predicted octanol–water partition coefficient (Wildman–Crippen LogP) is 3.02. The Balaban J connectivity index is 2.20. The molecule has 1 atom stereocenters. The summed E-state index contributed by atoms with van der Waals surface area (Å²) in [5.74, 6) is 1.30. The maximum Gasteiger partial charge on any atom is 0.130 e. The molecule has 4 nitrogen and oxygen atoms in total. The van der Waals surface area contributed by atoms with Crippen LogP contribution in [0.2, 0.25) is 0 Å². The Labute approximate surface area is 129 Å². The molecule has 1 fully saturated rings. The van der Waals surface area contributed by atoms with Crippen molar-refractivity contribution in [3.05, 3.63) is 11.3 Å². The molecule has 21 heavy (non-hydrogen) atoms. The summed E-state index contributed by atoms with van der Waals surface area (Å²) >= 11 is 0. The number of aryl methyl sites for hydroxylation is 2. The van der Waals surface area contributed by atoms with E-state index in [0.717, 1.165) is 25.2 Å². The Bertz CT molecular complexity index is 461. The third kappa shape index (κ3) is 3.25. The molecule has 1 unspecified atom stereocenters. The second kappa shape index (κ2) is 6.39. The normalized spacial score (nSPS) is 19.8. The molecule has 2 N–H and O–H groups in total. The van der Waals surface area contributed by atoms with Crippen molar-refractivity contribution in [2.24, 2.45) is 18.2 Å². The highest BCUT2D eigenvalue weighted by atomic mass is 15.4. The Hall–Kier alpha value is -1.03. The fourth-order valence-electron chi connectivity index (χ4n) is 3.80. The van der Waals surface area contributed by atoms with Gasteiger partial charge in [-0.2, -0.15) is 5.10 Å². The van der Waals surface area contributed by atoms with Gasteiger partial charge in [-0.1, -0.05) is 26.7 Å². The molecular formula is C17H32N4. The van der Waals surface area contributed by atoms with Gasteiger partial charge in [0.2, 0.25) is 0 Å². The van der Waals surface area contributed by atoms with Crippen LogP contribution in [0.5, 0.6) is 0 Å². The van der Waals surface area contributed by atoms with Gasteiger partial charge in [-0.25, -0.2) is 0 Å². The van der Waals surface area contributed by atoms with Gasteiger partial charge in [0.1, 0.15) is 5.82 Å². The second-order valence-electron chi connectivity index (χ2n) is 6.89. The van der Waals surface area contributed by atoms with Crippen LogP contribution < -0.4 is 10.6 Å². The molecule has 1 aliphatic rings. The summed E-state index contributed by atoms with van der Waals surface area (Å²) in [6, 6.07) is 0.182. The summed E-state index contributed by atoms with van der Waals surface area (Å²) in [4.78, 5) is 2.53. The quantitative estimate of drug-likeness (QED) is 0.907. The molecule has 0 saturated carbocycles. The minimum atomic E-state index is 0.182. The summed E-state index contributed by atoms with van der Waals surface area (Å²) in [6.45, 7) is 11.2. The molecule has 1 aliphatic heterocycles. The van der Waals surface area contributed by atoms with Crippen molar-refractivity contribution in [1.82, 2.24) is 9.78 Å². The molecule has 1 aromatic rings. The minimum absolute atomic E-state index is 0.182. The highest BCUT2D eigenvalue weighted by molar-refractivity contribution is 5.51. The number of nitrogens with zero attached hydrogens (tertiary/aromatic N) is 3. The standard InChI is InChI=1S/C17H32N4/c1-6-17(7-2)8-10-21(11-9-17)16-15(12-13(3)18)14(4)19-20(16)5/h13H,6-12,18H2,1-5H3. The van der Waals surface area contributed by atoms with E-state index in [1.54, 1.807) is 0 Å². The minimum Gasteiger partial charge on any atom is -0.357 e. The largest absolute Gasteiger partial charge is 0.357 e. The zero-order chi connectivity index (χ0) is 15.6. The van der Waals surface area contributed by atoms with Crippen LogP contribution in [0.3, 0.4) is 0 Å². The van der Waals surface area contributed by atoms with Crippen molar-refractivity contribution in [2.75, 3.05) is 18.0 Å². The summed E-state index contributed by atoms with van der Waals surface area (Å²) in [5.41, 5.74) is 9.07. The lowest BCUT2D eigenvalue weighted by molar-refractivity contribution is 0.198. The summed E-state index contributed by atoms with van der Waals surface area (Å²) in [7, 11) is 2.06. The van der Waals surface area contributed by atoms with E-state index in [9.17, 15) is 0 Å². The average Bonchev–Trinajstić information content (AvgIpc) is 2.73. The highest BCUT2D eigenvalue weighted by Crippen LogP contribution is 2.40. The van der Waals surface area contributed by atoms with Gasteiger partial charge in [0.05, 0.1) is 5.69 Å². The van der Waals surface area contributed by atoms with Crippen LogP contribution in [-0.4, -0.2) is 28.9 Å². The molecule has 120 valence electrons. The van der Waals surface area contributed by atoms with E-state index >= 15 is 0 Å². The van der Waals surface area contributed by atoms with Crippen LogP contribution in [0, 0.1) is 12.3 Å². The lowest BCUT2D eigenvalue weighted by Gasteiger charge is -2.42. The first-order valence-electron chi connectivity index (χ1n) is 8.45. The lowest BCUT2D eigenvalue weighted by atomic mass is 9.74. The number of anilines is 1. The van der Waals surface area contributed by atoms with Gasteiger partial charge >= 0.3 is 0 Å². The molecule has 2 heterocycles. The van der Waals surface area contributed by atoms with E-state index in [2.05, 4.69) is 49.4 Å². The van der Waals surface area contributed by atoms with Gasteiger partial charge in [0.15, 0.2) is 0 Å². The summed E-state index contributed by atoms with van der Waals surface area (Å²) < 4.78 is 2.05. The number of nitrogens with two attached hydrogens (primary N) is 1. The second-order valence-corrected chi connectivity index (χ2v) is 6.89. The lowest BCUT2D eigenvalue weighted by Crippen LogP contribution is -2.41. The van der Waals surface area contributed by atoms with Gasteiger partial charge < -0.3 is 10.6 Å². The van der Waals surface area contributed by atoms with Gasteiger partial charge in [-0.3, -0.25) is 4.68 Å². The van der Waals surface area contributed by atoms with Crippen LogP contribution in [0.25, 0.3) is 0 Å². The smallest absolute Gasteiger partial charge is 0.130 e. The van der Waals surface area contributed by atoms with Crippen molar-refractivity contribution >= 4 is 5.82 Å². The first-order chi connectivity index (χ1) is 9.92. The summed E-state index contributed by atoms with van der Waals surface area (Å²) in [5, 5.41) is 4.64. The Kier molecular flexibility index (Phi) is 4.97. The number of hydrogen-bond acceptors (Lipinski definition) is 3. The predicted molar refractivity (Wildman–Crippen MR) is 89.8 cm³/mol. The number of hydrogen-bond donors (Lipinski definition) is 1. The molecule has 2 rings (SSSR count). The van der Waals surface area contributed by atoms with Gasteiger partial charge in [0.25, 0.3) is 0 Å². The first-order valence-corrected chi connectivity index (χ1v) is 8.45. The zero-order valence-corrected chi connectivity index (χ0v) is 14.4. The number of piperidine rings is 1. The van der Waals surface area contributed by atoms with E-state index in [4.69, 9.17) is 5.73 Å². The monoisotopic (exact) mass is 292 g/mol. The van der Waals surface area contributed by atoms with Crippen molar-refractivity contribution in [3.63, 3.8) is 0 Å². The Morgan fingerprint density at radius 2 is 1.81 bits per heavy atom. The third-order valence-corrected chi connectivity index (χ3v) is 5.46. The average molecular weight is 292 g/mol. The molecule has 1 saturated heterocycles. The van der Waals surface area contributed by atoms with Crippen LogP contribution in [0.1, 0.15) is 57.7 Å². The molecule has 0 bridgehead atoms. The molecule has 0 spiro atoms. The maximum absolute atomic E-state index is 6.03. The van der Waals surface area contributed by atoms with E-state index in [1.807, 2.05) is 0 Å². The summed E-state index contributed by atoms with van der Waals surface area (Å²) in [6.07, 6.45) is 6.10.